The van der Waals surface area contributed by atoms with Gasteiger partial charge in [-0.1, -0.05) is 80.0 Å². The number of benzene rings is 3. The van der Waals surface area contributed by atoms with Crippen LogP contribution in [0.25, 0.3) is 0 Å². The fourth-order valence-electron chi connectivity index (χ4n) is 4.11. The van der Waals surface area contributed by atoms with Crippen molar-refractivity contribution in [3.63, 3.8) is 0 Å². The molecule has 0 heterocycles. The van der Waals surface area contributed by atoms with Crippen molar-refractivity contribution in [2.24, 2.45) is 5.92 Å². The summed E-state index contributed by atoms with van der Waals surface area (Å²) < 4.78 is 28.8. The summed E-state index contributed by atoms with van der Waals surface area (Å²) in [5, 5.41) is 3.24. The van der Waals surface area contributed by atoms with Gasteiger partial charge in [-0.15, -0.1) is 0 Å². The number of carbonyl (C=O) groups excluding carboxylic acids is 2. The van der Waals surface area contributed by atoms with E-state index in [0.29, 0.717) is 29.2 Å². The number of hydrogen-bond acceptors (Lipinski definition) is 4. The first-order valence-corrected chi connectivity index (χ1v) is 14.8. The highest BCUT2D eigenvalue weighted by molar-refractivity contribution is 7.92. The fourth-order valence-corrected chi connectivity index (χ4v) is 5.76. The van der Waals surface area contributed by atoms with Gasteiger partial charge >= 0.3 is 0 Å². The molecule has 0 aromatic heterocycles. The topological polar surface area (TPSA) is 86.8 Å². The zero-order valence-electron chi connectivity index (χ0n) is 22.8. The van der Waals surface area contributed by atoms with Crippen molar-refractivity contribution in [1.29, 1.82) is 0 Å². The van der Waals surface area contributed by atoms with Crippen LogP contribution in [0.5, 0.6) is 0 Å². The molecule has 0 saturated heterocycles. The van der Waals surface area contributed by atoms with Gasteiger partial charge in [0, 0.05) is 18.1 Å². The molecule has 0 aliphatic rings. The minimum atomic E-state index is -4.13. The van der Waals surface area contributed by atoms with Crippen LogP contribution in [0, 0.1) is 12.8 Å². The number of amides is 2. The Kier molecular flexibility index (Phi) is 10.5. The Hall–Kier alpha value is -3.36. The smallest absolute Gasteiger partial charge is 0.264 e. The van der Waals surface area contributed by atoms with Gasteiger partial charge in [0.2, 0.25) is 11.8 Å². The van der Waals surface area contributed by atoms with Crippen molar-refractivity contribution in [2.45, 2.75) is 45.1 Å². The van der Waals surface area contributed by atoms with Crippen molar-refractivity contribution in [3.8, 4) is 0 Å². The van der Waals surface area contributed by atoms with Crippen LogP contribution < -0.4 is 9.62 Å². The summed E-state index contributed by atoms with van der Waals surface area (Å²) in [6.07, 6.45) is 0.510. The fraction of sp³-hybridized carbons (Fsp3) is 0.333. The van der Waals surface area contributed by atoms with Crippen LogP contribution in [0.3, 0.4) is 0 Å². The lowest BCUT2D eigenvalue weighted by atomic mass is 10.1. The van der Waals surface area contributed by atoms with E-state index in [4.69, 9.17) is 11.6 Å². The van der Waals surface area contributed by atoms with Gasteiger partial charge in [-0.05, 0) is 61.6 Å². The Labute approximate surface area is 236 Å². The molecule has 0 radical (unpaired) electrons. The number of nitrogens with one attached hydrogen (secondary N) is 1. The van der Waals surface area contributed by atoms with Crippen LogP contribution >= 0.6 is 11.6 Å². The van der Waals surface area contributed by atoms with Crippen molar-refractivity contribution in [1.82, 2.24) is 10.2 Å². The van der Waals surface area contributed by atoms with Gasteiger partial charge in [0.25, 0.3) is 10.0 Å². The van der Waals surface area contributed by atoms with Crippen molar-refractivity contribution in [3.05, 3.63) is 95.0 Å². The number of carbonyl (C=O) groups is 2. The molecule has 1 atom stereocenters. The Bertz CT molecular complexity index is 1370. The number of rotatable bonds is 12. The maximum absolute atomic E-state index is 13.9. The Morgan fingerprint density at radius 3 is 2.15 bits per heavy atom. The van der Waals surface area contributed by atoms with Gasteiger partial charge in [0.05, 0.1) is 10.6 Å². The van der Waals surface area contributed by atoms with Crippen molar-refractivity contribution in [2.75, 3.05) is 23.9 Å². The highest BCUT2D eigenvalue weighted by Gasteiger charge is 2.33. The molecule has 1 N–H and O–H groups in total. The molecule has 0 fully saturated rings. The van der Waals surface area contributed by atoms with Gasteiger partial charge < -0.3 is 10.2 Å². The highest BCUT2D eigenvalue weighted by Crippen LogP contribution is 2.29. The van der Waals surface area contributed by atoms with Crippen LogP contribution in [0.15, 0.2) is 83.8 Å². The van der Waals surface area contributed by atoms with E-state index in [-0.39, 0.29) is 23.3 Å². The van der Waals surface area contributed by atoms with Crippen LogP contribution in [0.1, 0.15) is 31.9 Å². The summed E-state index contributed by atoms with van der Waals surface area (Å²) in [6, 6.07) is 21.7. The van der Waals surface area contributed by atoms with E-state index in [2.05, 4.69) is 5.32 Å². The minimum absolute atomic E-state index is 0.0516. The average Bonchev–Trinajstić information content (AvgIpc) is 2.92. The molecule has 3 aromatic carbocycles. The van der Waals surface area contributed by atoms with E-state index in [1.165, 1.54) is 23.1 Å². The number of sulfonamides is 1. The molecule has 3 aromatic rings. The summed E-state index contributed by atoms with van der Waals surface area (Å²) in [4.78, 5) is 28.4. The van der Waals surface area contributed by atoms with E-state index in [1.807, 2.05) is 44.2 Å². The van der Waals surface area contributed by atoms with Gasteiger partial charge in [0.1, 0.15) is 12.6 Å². The lowest BCUT2D eigenvalue weighted by Gasteiger charge is -2.32. The third kappa shape index (κ3) is 8.07. The molecule has 9 heteroatoms. The van der Waals surface area contributed by atoms with Crippen LogP contribution in [-0.2, 0) is 26.0 Å². The molecular formula is C30H36ClN3O4S. The van der Waals surface area contributed by atoms with E-state index in [0.717, 1.165) is 9.87 Å². The molecule has 0 aliphatic heterocycles. The quantitative estimate of drug-likeness (QED) is 0.330. The zero-order valence-corrected chi connectivity index (χ0v) is 24.4. The van der Waals surface area contributed by atoms with E-state index in [1.54, 1.807) is 44.2 Å². The summed E-state index contributed by atoms with van der Waals surface area (Å²) in [6.45, 7) is 7.63. The SMILES string of the molecule is Cc1ccc(Cl)cc1N(CC(=O)N(CCc1ccccc1)[C@H](C)C(=O)NCC(C)C)S(=O)(=O)c1ccccc1. The zero-order chi connectivity index (χ0) is 28.6. The molecule has 0 saturated carbocycles. The minimum Gasteiger partial charge on any atom is -0.354 e. The summed E-state index contributed by atoms with van der Waals surface area (Å²) in [5.41, 5.74) is 1.95. The predicted octanol–water partition coefficient (Wildman–Crippen LogP) is 5.08. The first-order valence-electron chi connectivity index (χ1n) is 13.0. The molecule has 0 aliphatic carbocycles. The van der Waals surface area contributed by atoms with Gasteiger partial charge in [-0.25, -0.2) is 8.42 Å². The molecule has 3 rings (SSSR count). The Balaban J connectivity index is 1.99. The van der Waals surface area contributed by atoms with Crippen LogP contribution in [0.2, 0.25) is 5.02 Å². The highest BCUT2D eigenvalue weighted by atomic mass is 35.5. The first kappa shape index (κ1) is 30.2. The molecule has 39 heavy (non-hydrogen) atoms. The number of hydrogen-bond donors (Lipinski definition) is 1. The van der Waals surface area contributed by atoms with Gasteiger partial charge in [-0.2, -0.15) is 0 Å². The molecule has 208 valence electrons. The number of halogens is 1. The van der Waals surface area contributed by atoms with Crippen LogP contribution in [-0.4, -0.2) is 50.8 Å². The monoisotopic (exact) mass is 569 g/mol. The maximum atomic E-state index is 13.9. The van der Waals surface area contributed by atoms with Gasteiger partial charge in [-0.3, -0.25) is 13.9 Å². The molecule has 2 amide bonds. The van der Waals surface area contributed by atoms with E-state index in [9.17, 15) is 18.0 Å². The Morgan fingerprint density at radius 2 is 1.54 bits per heavy atom. The van der Waals surface area contributed by atoms with E-state index < -0.39 is 28.5 Å². The lowest BCUT2D eigenvalue weighted by Crippen LogP contribution is -2.52. The van der Waals surface area contributed by atoms with Gasteiger partial charge in [0.15, 0.2) is 0 Å². The first-order chi connectivity index (χ1) is 18.5. The summed E-state index contributed by atoms with van der Waals surface area (Å²) in [5.74, 6) is -0.537. The lowest BCUT2D eigenvalue weighted by molar-refractivity contribution is -0.138. The molecule has 7 nitrogen and oxygen atoms in total. The molecule has 0 unspecified atom stereocenters. The molecule has 0 spiro atoms. The van der Waals surface area contributed by atoms with E-state index >= 15 is 0 Å². The second-order valence-corrected chi connectivity index (χ2v) is 12.2. The second kappa shape index (κ2) is 13.6. The Morgan fingerprint density at radius 1 is 0.923 bits per heavy atom. The third-order valence-corrected chi connectivity index (χ3v) is 8.40. The average molecular weight is 570 g/mol. The predicted molar refractivity (Wildman–Crippen MR) is 156 cm³/mol. The number of aryl methyl sites for hydroxylation is 1. The maximum Gasteiger partial charge on any atom is 0.264 e. The van der Waals surface area contributed by atoms with Crippen molar-refractivity contribution < 1.29 is 18.0 Å². The normalized spacial score (nSPS) is 12.2. The molecular weight excluding hydrogens is 534 g/mol. The molecule has 0 bridgehead atoms. The summed E-state index contributed by atoms with van der Waals surface area (Å²) >= 11 is 6.26. The number of anilines is 1. The summed E-state index contributed by atoms with van der Waals surface area (Å²) in [7, 11) is -4.13. The van der Waals surface area contributed by atoms with Crippen LogP contribution in [0.4, 0.5) is 5.69 Å². The largest absolute Gasteiger partial charge is 0.354 e. The standard InChI is InChI=1S/C30H36ClN3O4S/c1-22(2)20-32-30(36)24(4)33(18-17-25-11-7-5-8-12-25)29(35)21-34(28-19-26(31)16-15-23(28)3)39(37,38)27-13-9-6-10-14-27/h5-16,19,22,24H,17-18,20-21H2,1-4H3,(H,32,36)/t24-/m1/s1. The second-order valence-electron chi connectivity index (χ2n) is 9.89. The number of nitrogens with zero attached hydrogens (tertiary/aromatic N) is 2. The third-order valence-electron chi connectivity index (χ3n) is 6.39. The van der Waals surface area contributed by atoms with Crippen molar-refractivity contribution >= 4 is 39.1 Å².